The van der Waals surface area contributed by atoms with E-state index in [0.29, 0.717) is 17.0 Å². The van der Waals surface area contributed by atoms with Crippen LogP contribution in [0.2, 0.25) is 0 Å². The zero-order chi connectivity index (χ0) is 26.5. The molecule has 2 heterocycles. The van der Waals surface area contributed by atoms with Gasteiger partial charge in [-0.15, -0.1) is 0 Å². The summed E-state index contributed by atoms with van der Waals surface area (Å²) in [6, 6.07) is 15.5. The van der Waals surface area contributed by atoms with Crippen LogP contribution in [0, 0.1) is 5.82 Å². The molecule has 0 spiro atoms. The van der Waals surface area contributed by atoms with E-state index in [1.807, 2.05) is 12.1 Å². The molecular weight excluding hydrogens is 479 g/mol. The standard InChI is InChI=1S/C26H25FN6O4/c1-14(30-26(35)36)22(15-5-8-18(37-2)9-6-15)32-25-20(27)13-19(23(28)34)24(33-25)31-17-7-10-21-16(12-17)4-3-11-29-21/h3-14,22,30H,1-2H3,(H2,28,34)(H,35,36)(H2,31,32,33)/t14-,22-/m0/s1. The molecule has 0 aliphatic heterocycles. The fourth-order valence-electron chi connectivity index (χ4n) is 3.90. The molecule has 11 heteroatoms. The highest BCUT2D eigenvalue weighted by molar-refractivity contribution is 5.99. The number of hydrogen-bond donors (Lipinski definition) is 5. The normalized spacial score (nSPS) is 12.4. The maximum absolute atomic E-state index is 15.1. The predicted octanol–water partition coefficient (Wildman–Crippen LogP) is 4.43. The fourth-order valence-corrected chi connectivity index (χ4v) is 3.90. The monoisotopic (exact) mass is 504 g/mol. The van der Waals surface area contributed by atoms with Crippen molar-refractivity contribution in [2.24, 2.45) is 5.73 Å². The maximum atomic E-state index is 15.1. The Morgan fingerprint density at radius 1 is 1.08 bits per heavy atom. The summed E-state index contributed by atoms with van der Waals surface area (Å²) >= 11 is 0. The van der Waals surface area contributed by atoms with Gasteiger partial charge >= 0.3 is 6.09 Å². The number of nitrogens with zero attached hydrogens (tertiary/aromatic N) is 2. The number of anilines is 3. The number of amides is 2. The molecule has 190 valence electrons. The molecule has 0 aliphatic rings. The number of aromatic nitrogens is 2. The lowest BCUT2D eigenvalue weighted by Crippen LogP contribution is -2.39. The Kier molecular flexibility index (Phi) is 7.33. The largest absolute Gasteiger partial charge is 0.497 e. The van der Waals surface area contributed by atoms with Crippen molar-refractivity contribution in [2.45, 2.75) is 19.0 Å². The topological polar surface area (TPSA) is 151 Å². The number of carbonyl (C=O) groups excluding carboxylic acids is 1. The first kappa shape index (κ1) is 25.2. The molecular formula is C26H25FN6O4. The third-order valence-electron chi connectivity index (χ3n) is 5.73. The molecule has 2 atom stereocenters. The number of ether oxygens (including phenoxy) is 1. The van der Waals surface area contributed by atoms with Crippen LogP contribution in [0.1, 0.15) is 28.9 Å². The van der Waals surface area contributed by atoms with Gasteiger partial charge in [0.2, 0.25) is 0 Å². The van der Waals surface area contributed by atoms with Crippen molar-refractivity contribution in [3.8, 4) is 5.75 Å². The van der Waals surface area contributed by atoms with Gasteiger partial charge in [0.1, 0.15) is 11.6 Å². The van der Waals surface area contributed by atoms with Crippen LogP contribution < -0.4 is 26.4 Å². The third-order valence-corrected chi connectivity index (χ3v) is 5.73. The molecule has 4 aromatic rings. The van der Waals surface area contributed by atoms with Gasteiger partial charge in [-0.25, -0.2) is 14.2 Å². The Hall–Kier alpha value is -4.93. The average molecular weight is 505 g/mol. The second-order valence-electron chi connectivity index (χ2n) is 8.25. The number of primary amides is 1. The summed E-state index contributed by atoms with van der Waals surface area (Å²) in [5.41, 5.74) is 7.36. The molecule has 6 N–H and O–H groups in total. The van der Waals surface area contributed by atoms with Crippen molar-refractivity contribution in [2.75, 3.05) is 17.7 Å². The lowest BCUT2D eigenvalue weighted by molar-refractivity contribution is 0.1000. The number of halogens is 1. The first-order valence-corrected chi connectivity index (χ1v) is 11.3. The zero-order valence-electron chi connectivity index (χ0n) is 20.0. The number of benzene rings is 2. The highest BCUT2D eigenvalue weighted by Crippen LogP contribution is 2.29. The zero-order valence-corrected chi connectivity index (χ0v) is 20.0. The molecule has 10 nitrogen and oxygen atoms in total. The smallest absolute Gasteiger partial charge is 0.404 e. The van der Waals surface area contributed by atoms with Crippen molar-refractivity contribution < 1.29 is 23.8 Å². The van der Waals surface area contributed by atoms with Crippen LogP contribution in [-0.4, -0.2) is 40.2 Å². The molecule has 0 aliphatic carbocycles. The number of pyridine rings is 2. The first-order chi connectivity index (χ1) is 17.7. The van der Waals surface area contributed by atoms with Crippen molar-refractivity contribution in [3.05, 3.63) is 83.8 Å². The molecule has 0 saturated carbocycles. The Morgan fingerprint density at radius 2 is 1.84 bits per heavy atom. The minimum absolute atomic E-state index is 0.0342. The van der Waals surface area contributed by atoms with Gasteiger partial charge in [-0.3, -0.25) is 9.78 Å². The van der Waals surface area contributed by atoms with E-state index in [0.717, 1.165) is 17.0 Å². The Morgan fingerprint density at radius 3 is 2.51 bits per heavy atom. The predicted molar refractivity (Wildman–Crippen MR) is 138 cm³/mol. The average Bonchev–Trinajstić information content (AvgIpc) is 2.88. The minimum atomic E-state index is -1.24. The van der Waals surface area contributed by atoms with Crippen molar-refractivity contribution in [3.63, 3.8) is 0 Å². The second-order valence-corrected chi connectivity index (χ2v) is 8.25. The minimum Gasteiger partial charge on any atom is -0.497 e. The number of nitrogens with two attached hydrogens (primary N) is 1. The van der Waals surface area contributed by atoms with Crippen molar-refractivity contribution >= 4 is 40.2 Å². The third kappa shape index (κ3) is 5.84. The number of nitrogens with one attached hydrogen (secondary N) is 3. The molecule has 37 heavy (non-hydrogen) atoms. The summed E-state index contributed by atoms with van der Waals surface area (Å²) in [6.45, 7) is 1.63. The first-order valence-electron chi connectivity index (χ1n) is 11.3. The van der Waals surface area contributed by atoms with Crippen LogP contribution in [-0.2, 0) is 0 Å². The van der Waals surface area contributed by atoms with E-state index in [9.17, 15) is 14.7 Å². The molecule has 2 aromatic heterocycles. The Balaban J connectivity index is 1.72. The molecule has 2 aromatic carbocycles. The summed E-state index contributed by atoms with van der Waals surface area (Å²) in [6.07, 6.45) is 0.443. The molecule has 0 bridgehead atoms. The number of fused-ring (bicyclic) bond motifs is 1. The lowest BCUT2D eigenvalue weighted by Gasteiger charge is -2.27. The fraction of sp³-hybridized carbons (Fsp3) is 0.154. The van der Waals surface area contributed by atoms with Crippen LogP contribution in [0.4, 0.5) is 26.5 Å². The maximum Gasteiger partial charge on any atom is 0.404 e. The Bertz CT molecular complexity index is 1450. The van der Waals surface area contributed by atoms with Gasteiger partial charge in [-0.05, 0) is 55.0 Å². The summed E-state index contributed by atoms with van der Waals surface area (Å²) in [7, 11) is 1.53. The molecule has 4 rings (SSSR count). The lowest BCUT2D eigenvalue weighted by atomic mass is 10.00. The molecule has 0 saturated heterocycles. The number of hydrogen-bond acceptors (Lipinski definition) is 7. The highest BCUT2D eigenvalue weighted by atomic mass is 19.1. The van der Waals surface area contributed by atoms with E-state index < -0.39 is 29.9 Å². The van der Waals surface area contributed by atoms with Crippen LogP contribution in [0.25, 0.3) is 10.9 Å². The van der Waals surface area contributed by atoms with Crippen molar-refractivity contribution in [1.29, 1.82) is 0 Å². The van der Waals surface area contributed by atoms with E-state index in [2.05, 4.69) is 25.9 Å². The summed E-state index contributed by atoms with van der Waals surface area (Å²) in [4.78, 5) is 32.0. The summed E-state index contributed by atoms with van der Waals surface area (Å²) in [5.74, 6) is -1.26. The molecule has 0 radical (unpaired) electrons. The van der Waals surface area contributed by atoms with Crippen LogP contribution >= 0.6 is 0 Å². The van der Waals surface area contributed by atoms with E-state index in [4.69, 9.17) is 10.5 Å². The van der Waals surface area contributed by atoms with Gasteiger partial charge in [0.05, 0.1) is 30.3 Å². The van der Waals surface area contributed by atoms with Crippen LogP contribution in [0.5, 0.6) is 5.75 Å². The SMILES string of the molecule is COc1ccc([C@@H](Nc2nc(Nc3ccc4ncccc4c3)c(C(N)=O)cc2F)[C@H](C)NC(=O)O)cc1. The van der Waals surface area contributed by atoms with Gasteiger partial charge in [-0.1, -0.05) is 18.2 Å². The van der Waals surface area contributed by atoms with Crippen LogP contribution in [0.3, 0.4) is 0 Å². The summed E-state index contributed by atoms with van der Waals surface area (Å²) < 4.78 is 20.3. The summed E-state index contributed by atoms with van der Waals surface area (Å²) in [5, 5.41) is 18.5. The van der Waals surface area contributed by atoms with E-state index in [1.165, 1.54) is 7.11 Å². The van der Waals surface area contributed by atoms with E-state index in [-0.39, 0.29) is 17.2 Å². The second kappa shape index (κ2) is 10.8. The van der Waals surface area contributed by atoms with Gasteiger partial charge in [0.25, 0.3) is 5.91 Å². The highest BCUT2D eigenvalue weighted by Gasteiger charge is 2.24. The quantitative estimate of drug-likeness (QED) is 0.225. The van der Waals surface area contributed by atoms with E-state index >= 15 is 4.39 Å². The molecule has 0 unspecified atom stereocenters. The number of carboxylic acid groups (broad SMARTS) is 1. The van der Waals surface area contributed by atoms with Gasteiger partial charge in [-0.2, -0.15) is 0 Å². The van der Waals surface area contributed by atoms with Crippen molar-refractivity contribution in [1.82, 2.24) is 15.3 Å². The number of rotatable bonds is 9. The molecule has 2 amide bonds. The van der Waals surface area contributed by atoms with Gasteiger partial charge in [0.15, 0.2) is 11.6 Å². The molecule has 0 fully saturated rings. The number of methoxy groups -OCH3 is 1. The van der Waals surface area contributed by atoms with E-state index in [1.54, 1.807) is 55.6 Å². The van der Waals surface area contributed by atoms with Gasteiger partial charge in [0, 0.05) is 17.3 Å². The van der Waals surface area contributed by atoms with Crippen LogP contribution in [0.15, 0.2) is 66.9 Å². The number of carbonyl (C=O) groups is 2. The van der Waals surface area contributed by atoms with Gasteiger partial charge < -0.3 is 31.5 Å². The Labute approximate surface area is 211 Å².